The van der Waals surface area contributed by atoms with Gasteiger partial charge in [-0.05, 0) is 17.7 Å². The molecular formula is C29H34O16. The molecule has 3 aromatic rings. The van der Waals surface area contributed by atoms with Gasteiger partial charge in [0, 0.05) is 6.07 Å². The molecule has 16 heteroatoms. The van der Waals surface area contributed by atoms with E-state index in [0.29, 0.717) is 11.3 Å². The van der Waals surface area contributed by atoms with Crippen LogP contribution in [0, 0.1) is 0 Å². The first kappa shape index (κ1) is 32.8. The lowest BCUT2D eigenvalue weighted by molar-refractivity contribution is -0.323. The van der Waals surface area contributed by atoms with Crippen molar-refractivity contribution in [3.63, 3.8) is 0 Å². The Kier molecular flexibility index (Phi) is 9.80. The number of hydrogen-bond acceptors (Lipinski definition) is 16. The zero-order chi connectivity index (χ0) is 32.6. The third kappa shape index (κ3) is 6.17. The highest BCUT2D eigenvalue weighted by molar-refractivity contribution is 5.91. The fourth-order valence-electron chi connectivity index (χ4n) is 5.15. The highest BCUT2D eigenvalue weighted by Gasteiger charge is 2.48. The Morgan fingerprint density at radius 1 is 0.800 bits per heavy atom. The average Bonchev–Trinajstić information content (AvgIpc) is 3.04. The van der Waals surface area contributed by atoms with Crippen LogP contribution in [0.1, 0.15) is 0 Å². The number of methoxy groups -OCH3 is 2. The fraction of sp³-hybridized carbons (Fsp3) is 0.483. The van der Waals surface area contributed by atoms with Crippen LogP contribution in [0.25, 0.3) is 22.1 Å². The summed E-state index contributed by atoms with van der Waals surface area (Å²) in [5.41, 5.74) is -0.0597. The average molecular weight is 639 g/mol. The molecule has 246 valence electrons. The summed E-state index contributed by atoms with van der Waals surface area (Å²) in [6.07, 6.45) is -15.2. The van der Waals surface area contributed by atoms with Gasteiger partial charge in [-0.2, -0.15) is 0 Å². The molecule has 0 amide bonds. The van der Waals surface area contributed by atoms with E-state index in [1.54, 1.807) is 24.3 Å². The van der Waals surface area contributed by atoms with Gasteiger partial charge in [0.15, 0.2) is 17.8 Å². The maximum Gasteiger partial charge on any atom is 0.229 e. The lowest BCUT2D eigenvalue weighted by Gasteiger charge is -2.42. The summed E-state index contributed by atoms with van der Waals surface area (Å²) < 4.78 is 38.2. The zero-order valence-corrected chi connectivity index (χ0v) is 24.0. The molecule has 2 aliphatic heterocycles. The molecule has 2 aliphatic rings. The van der Waals surface area contributed by atoms with Crippen molar-refractivity contribution in [3.8, 4) is 34.1 Å². The lowest BCUT2D eigenvalue weighted by atomic mass is 9.98. The number of rotatable bonds is 9. The maximum atomic E-state index is 13.4. The van der Waals surface area contributed by atoms with Crippen molar-refractivity contribution in [3.05, 3.63) is 46.8 Å². The monoisotopic (exact) mass is 638 g/mol. The lowest BCUT2D eigenvalue weighted by Crippen LogP contribution is -2.62. The normalized spacial score (nSPS) is 31.9. The standard InChI is InChI=1S/C29H34O16/c1-39-12-5-3-11(4-6-12)13-9-41-14-7-15(27(40-2)22(34)18(14)19(13)31)43-29-26(38)24(36)21(33)17(45-29)10-42-28-25(37)23(35)20(32)16(8-30)44-28/h3-7,9,16-17,20-21,23-26,28-30,32-38H,8,10H2,1-2H3/t16-,17-,20-,21-,23+,24+,25-,26-,28-,29-/m1/s1. The molecule has 8 N–H and O–H groups in total. The summed E-state index contributed by atoms with van der Waals surface area (Å²) in [7, 11) is 2.69. The second kappa shape index (κ2) is 13.4. The molecule has 0 bridgehead atoms. The van der Waals surface area contributed by atoms with E-state index < -0.39 is 85.8 Å². The van der Waals surface area contributed by atoms with Crippen molar-refractivity contribution < 1.29 is 73.7 Å². The highest BCUT2D eigenvalue weighted by Crippen LogP contribution is 2.43. The SMILES string of the molecule is COc1ccc(-c2coc3cc(O[C@@H]4O[C@H](CO[C@@H]5O[C@H](CO)[C@@H](O)[C@H](O)[C@H]5O)[C@@H](O)[C@H](O)[C@H]4O)c(OC)c(O)c3c2=O)cc1. The second-order valence-corrected chi connectivity index (χ2v) is 10.5. The van der Waals surface area contributed by atoms with Crippen LogP contribution >= 0.6 is 0 Å². The molecule has 0 unspecified atom stereocenters. The van der Waals surface area contributed by atoms with E-state index in [1.165, 1.54) is 26.5 Å². The first-order valence-corrected chi connectivity index (χ1v) is 13.8. The molecule has 16 nitrogen and oxygen atoms in total. The largest absolute Gasteiger partial charge is 0.504 e. The smallest absolute Gasteiger partial charge is 0.229 e. The predicted molar refractivity (Wildman–Crippen MR) is 150 cm³/mol. The predicted octanol–water partition coefficient (Wildman–Crippen LogP) is -1.81. The maximum absolute atomic E-state index is 13.4. The molecule has 2 fully saturated rings. The first-order chi connectivity index (χ1) is 21.5. The molecule has 2 saturated heterocycles. The minimum Gasteiger partial charge on any atom is -0.504 e. The van der Waals surface area contributed by atoms with Gasteiger partial charge in [0.25, 0.3) is 0 Å². The van der Waals surface area contributed by atoms with Gasteiger partial charge >= 0.3 is 0 Å². The van der Waals surface area contributed by atoms with Crippen LogP contribution in [0.3, 0.4) is 0 Å². The molecular weight excluding hydrogens is 604 g/mol. The Labute approximate surface area is 254 Å². The van der Waals surface area contributed by atoms with Crippen LogP contribution in [0.15, 0.2) is 45.8 Å². The van der Waals surface area contributed by atoms with Crippen molar-refractivity contribution in [2.45, 2.75) is 61.4 Å². The first-order valence-electron chi connectivity index (χ1n) is 13.8. The molecule has 0 saturated carbocycles. The minimum atomic E-state index is -1.84. The van der Waals surface area contributed by atoms with Crippen molar-refractivity contribution in [1.29, 1.82) is 0 Å². The molecule has 2 aromatic carbocycles. The third-order valence-electron chi connectivity index (χ3n) is 7.75. The van der Waals surface area contributed by atoms with Crippen molar-refractivity contribution >= 4 is 11.0 Å². The van der Waals surface area contributed by atoms with Crippen molar-refractivity contribution in [2.24, 2.45) is 0 Å². The second-order valence-electron chi connectivity index (χ2n) is 10.5. The van der Waals surface area contributed by atoms with Crippen LogP contribution in [-0.2, 0) is 14.2 Å². The van der Waals surface area contributed by atoms with Gasteiger partial charge < -0.3 is 73.7 Å². The number of hydrogen-bond donors (Lipinski definition) is 8. The van der Waals surface area contributed by atoms with Crippen LogP contribution < -0.4 is 19.6 Å². The number of ether oxygens (including phenoxy) is 6. The molecule has 45 heavy (non-hydrogen) atoms. The van der Waals surface area contributed by atoms with Crippen LogP contribution in [0.4, 0.5) is 0 Å². The van der Waals surface area contributed by atoms with Gasteiger partial charge in [-0.1, -0.05) is 12.1 Å². The summed E-state index contributed by atoms with van der Waals surface area (Å²) in [6, 6.07) is 7.79. The van der Waals surface area contributed by atoms with Gasteiger partial charge in [-0.15, -0.1) is 0 Å². The van der Waals surface area contributed by atoms with E-state index in [4.69, 9.17) is 32.8 Å². The van der Waals surface area contributed by atoms with E-state index in [1.807, 2.05) is 0 Å². The van der Waals surface area contributed by atoms with Gasteiger partial charge in [-0.3, -0.25) is 4.79 Å². The van der Waals surface area contributed by atoms with Gasteiger partial charge in [0.2, 0.25) is 17.5 Å². The Morgan fingerprint density at radius 2 is 1.42 bits per heavy atom. The van der Waals surface area contributed by atoms with E-state index in [-0.39, 0.29) is 28.0 Å². The molecule has 0 radical (unpaired) electrons. The summed E-state index contributed by atoms with van der Waals surface area (Å²) >= 11 is 0. The molecule has 0 aliphatic carbocycles. The third-order valence-corrected chi connectivity index (χ3v) is 7.75. The van der Waals surface area contributed by atoms with Crippen molar-refractivity contribution in [1.82, 2.24) is 0 Å². The topological polar surface area (TPSA) is 247 Å². The summed E-state index contributed by atoms with van der Waals surface area (Å²) in [6.45, 7) is -1.28. The zero-order valence-electron chi connectivity index (χ0n) is 24.0. The van der Waals surface area contributed by atoms with Crippen LogP contribution in [-0.4, -0.2) is 130 Å². The summed E-state index contributed by atoms with van der Waals surface area (Å²) in [4.78, 5) is 13.4. The number of phenolic OH excluding ortho intramolecular Hbond substituents is 1. The van der Waals surface area contributed by atoms with E-state index >= 15 is 0 Å². The fourth-order valence-corrected chi connectivity index (χ4v) is 5.15. The Morgan fingerprint density at radius 3 is 2.04 bits per heavy atom. The number of aromatic hydroxyl groups is 1. The Bertz CT molecular complexity index is 1520. The molecule has 10 atom stereocenters. The van der Waals surface area contributed by atoms with E-state index in [0.717, 1.165) is 0 Å². The summed E-state index contributed by atoms with van der Waals surface area (Å²) in [5.74, 6) is -0.651. The Balaban J connectivity index is 1.38. The number of aliphatic hydroxyl groups is 7. The number of benzene rings is 2. The molecule has 3 heterocycles. The van der Waals surface area contributed by atoms with Crippen LogP contribution in [0.5, 0.6) is 23.0 Å². The highest BCUT2D eigenvalue weighted by atomic mass is 16.7. The molecule has 1 aromatic heterocycles. The molecule has 5 rings (SSSR count). The van der Waals surface area contributed by atoms with Crippen molar-refractivity contribution in [2.75, 3.05) is 27.4 Å². The van der Waals surface area contributed by atoms with Gasteiger partial charge in [0.1, 0.15) is 71.8 Å². The minimum absolute atomic E-state index is 0.112. The number of phenols is 1. The number of aliphatic hydroxyl groups excluding tert-OH is 7. The number of fused-ring (bicyclic) bond motifs is 1. The van der Waals surface area contributed by atoms with Gasteiger partial charge in [0.05, 0.1) is 33.0 Å². The van der Waals surface area contributed by atoms with E-state index in [9.17, 15) is 45.6 Å². The van der Waals surface area contributed by atoms with Crippen LogP contribution in [0.2, 0.25) is 0 Å². The quantitative estimate of drug-likeness (QED) is 0.129. The molecule has 0 spiro atoms. The summed E-state index contributed by atoms with van der Waals surface area (Å²) in [5, 5.41) is 82.0. The van der Waals surface area contributed by atoms with Gasteiger partial charge in [-0.25, -0.2) is 0 Å². The Hall–Kier alpha value is -3.55. The van der Waals surface area contributed by atoms with E-state index in [2.05, 4.69) is 0 Å².